The van der Waals surface area contributed by atoms with Gasteiger partial charge >= 0.3 is 5.97 Å². The van der Waals surface area contributed by atoms with E-state index in [-0.39, 0.29) is 5.97 Å². The van der Waals surface area contributed by atoms with Crippen molar-refractivity contribution < 1.29 is 9.53 Å². The van der Waals surface area contributed by atoms with Gasteiger partial charge in [0.2, 0.25) is 8.07 Å². The zero-order valence-electron chi connectivity index (χ0n) is 16.2. The molecule has 0 radical (unpaired) electrons. The average Bonchev–Trinajstić information content (AvgIpc) is 2.82. The van der Waals surface area contributed by atoms with Gasteiger partial charge in [-0.05, 0) is 27.7 Å². The van der Waals surface area contributed by atoms with Gasteiger partial charge in [0.1, 0.15) is 0 Å². The second kappa shape index (κ2) is 8.25. The highest BCUT2D eigenvalue weighted by molar-refractivity contribution is 7.19. The van der Waals surface area contributed by atoms with Crippen molar-refractivity contribution in [1.29, 1.82) is 0 Å². The summed E-state index contributed by atoms with van der Waals surface area (Å²) in [6, 6.07) is 35.4. The van der Waals surface area contributed by atoms with E-state index < -0.39 is 8.07 Å². The van der Waals surface area contributed by atoms with Gasteiger partial charge in [-0.15, -0.1) is 0 Å². The van der Waals surface area contributed by atoms with Gasteiger partial charge in [-0.3, -0.25) is 4.98 Å². The molecule has 3 nitrogen and oxygen atoms in total. The van der Waals surface area contributed by atoms with Gasteiger partial charge in [0.05, 0.1) is 12.7 Å². The van der Waals surface area contributed by atoms with Crippen LogP contribution in [0.4, 0.5) is 0 Å². The fourth-order valence-corrected chi connectivity index (χ4v) is 8.42. The SMILES string of the molecule is COC(=O)c1ccc([Si](c2ccccc2)(c2ccccc2)c2ccccc2)nc1. The lowest BCUT2D eigenvalue weighted by Gasteiger charge is -2.33. The van der Waals surface area contributed by atoms with Crippen molar-refractivity contribution in [1.82, 2.24) is 4.98 Å². The fourth-order valence-electron chi connectivity index (χ4n) is 3.86. The van der Waals surface area contributed by atoms with E-state index in [1.54, 1.807) is 6.20 Å². The molecule has 0 atom stereocenters. The van der Waals surface area contributed by atoms with Crippen LogP contribution in [-0.4, -0.2) is 26.1 Å². The molecule has 0 saturated heterocycles. The topological polar surface area (TPSA) is 39.2 Å². The quantitative estimate of drug-likeness (QED) is 0.296. The molecule has 4 aromatic rings. The van der Waals surface area contributed by atoms with Gasteiger partial charge in [-0.2, -0.15) is 0 Å². The van der Waals surface area contributed by atoms with E-state index in [4.69, 9.17) is 9.72 Å². The van der Waals surface area contributed by atoms with Crippen LogP contribution >= 0.6 is 0 Å². The summed E-state index contributed by atoms with van der Waals surface area (Å²) in [5.41, 5.74) is 0.452. The van der Waals surface area contributed by atoms with Crippen LogP contribution in [0, 0.1) is 0 Å². The van der Waals surface area contributed by atoms with Crippen molar-refractivity contribution in [2.75, 3.05) is 7.11 Å². The molecule has 0 fully saturated rings. The normalized spacial score (nSPS) is 11.1. The standard InChI is InChI=1S/C25H21NO2Si/c1-28-25(27)20-17-18-24(26-19-20)29(21-11-5-2-6-12-21,22-13-7-3-8-14-22)23-15-9-4-10-16-23/h2-19H,1H3. The summed E-state index contributed by atoms with van der Waals surface area (Å²) < 4.78 is 4.85. The maximum absolute atomic E-state index is 11.9. The number of hydrogen-bond acceptors (Lipinski definition) is 3. The minimum Gasteiger partial charge on any atom is -0.465 e. The number of carbonyl (C=O) groups excluding carboxylic acids is 1. The van der Waals surface area contributed by atoms with Gasteiger partial charge in [-0.1, -0.05) is 91.0 Å². The first-order chi connectivity index (χ1) is 14.3. The van der Waals surface area contributed by atoms with Crippen molar-refractivity contribution in [3.8, 4) is 0 Å². The molecule has 4 heteroatoms. The van der Waals surface area contributed by atoms with E-state index in [0.29, 0.717) is 5.56 Å². The lowest BCUT2D eigenvalue weighted by Crippen LogP contribution is -2.75. The molecule has 0 aliphatic rings. The molecule has 3 aromatic carbocycles. The van der Waals surface area contributed by atoms with Crippen LogP contribution in [-0.2, 0) is 4.74 Å². The first-order valence-electron chi connectivity index (χ1n) is 9.48. The summed E-state index contributed by atoms with van der Waals surface area (Å²) in [6.45, 7) is 0. The van der Waals surface area contributed by atoms with Gasteiger partial charge < -0.3 is 4.74 Å². The number of aromatic nitrogens is 1. The Bertz CT molecular complexity index is 985. The van der Waals surface area contributed by atoms with Gasteiger partial charge in [0.25, 0.3) is 0 Å². The van der Waals surface area contributed by atoms with Gasteiger partial charge in [-0.25, -0.2) is 4.79 Å². The zero-order valence-corrected chi connectivity index (χ0v) is 17.2. The van der Waals surface area contributed by atoms with Crippen molar-refractivity contribution in [2.24, 2.45) is 0 Å². The van der Waals surface area contributed by atoms with Crippen LogP contribution in [0.5, 0.6) is 0 Å². The van der Waals surface area contributed by atoms with Gasteiger partial charge in [0, 0.05) is 11.5 Å². The average molecular weight is 396 g/mol. The summed E-state index contributed by atoms with van der Waals surface area (Å²) >= 11 is 0. The Morgan fingerprint density at radius 2 is 1.14 bits per heavy atom. The number of carbonyl (C=O) groups is 1. The molecular weight excluding hydrogens is 374 g/mol. The molecule has 0 saturated carbocycles. The van der Waals surface area contributed by atoms with Crippen LogP contribution < -0.4 is 20.9 Å². The predicted octanol–water partition coefficient (Wildman–Crippen LogP) is 2.25. The Morgan fingerprint density at radius 3 is 1.48 bits per heavy atom. The van der Waals surface area contributed by atoms with E-state index in [1.807, 2.05) is 30.3 Å². The maximum Gasteiger partial charge on any atom is 0.339 e. The highest BCUT2D eigenvalue weighted by atomic mass is 28.3. The summed E-state index contributed by atoms with van der Waals surface area (Å²) in [4.78, 5) is 16.7. The minimum absolute atomic E-state index is 0.379. The molecule has 0 bridgehead atoms. The third-order valence-electron chi connectivity index (χ3n) is 5.19. The second-order valence-electron chi connectivity index (χ2n) is 6.77. The van der Waals surface area contributed by atoms with E-state index >= 15 is 0 Å². The Hall–Kier alpha value is -3.50. The largest absolute Gasteiger partial charge is 0.465 e. The van der Waals surface area contributed by atoms with Crippen LogP contribution in [0.3, 0.4) is 0 Å². The number of hydrogen-bond donors (Lipinski definition) is 0. The molecule has 4 rings (SSSR count). The van der Waals surface area contributed by atoms with Crippen molar-refractivity contribution >= 4 is 34.9 Å². The summed E-state index contributed by atoms with van der Waals surface area (Å²) in [7, 11) is -1.25. The summed E-state index contributed by atoms with van der Waals surface area (Å²) in [5.74, 6) is -0.379. The lowest BCUT2D eigenvalue weighted by atomic mass is 10.3. The number of ether oxygens (including phenoxy) is 1. The number of pyridine rings is 1. The predicted molar refractivity (Wildman–Crippen MR) is 119 cm³/mol. The molecule has 0 amide bonds. The Balaban J connectivity index is 2.04. The number of esters is 1. The molecular formula is C25H21NO2Si. The Kier molecular flexibility index (Phi) is 5.36. The smallest absolute Gasteiger partial charge is 0.339 e. The number of rotatable bonds is 5. The molecule has 1 heterocycles. The van der Waals surface area contributed by atoms with E-state index in [0.717, 1.165) is 5.32 Å². The number of nitrogens with zero attached hydrogens (tertiary/aromatic N) is 1. The highest BCUT2D eigenvalue weighted by Gasteiger charge is 2.42. The third-order valence-corrected chi connectivity index (χ3v) is 9.85. The van der Waals surface area contributed by atoms with Crippen LogP contribution in [0.15, 0.2) is 109 Å². The summed E-state index contributed by atoms with van der Waals surface area (Å²) in [6.07, 6.45) is 1.62. The van der Waals surface area contributed by atoms with Crippen molar-refractivity contribution in [3.05, 3.63) is 115 Å². The summed E-state index contributed by atoms with van der Waals surface area (Å²) in [5, 5.41) is 4.72. The molecule has 29 heavy (non-hydrogen) atoms. The number of benzene rings is 3. The fraction of sp³-hybridized carbons (Fsp3) is 0.0400. The van der Waals surface area contributed by atoms with Crippen LogP contribution in [0.25, 0.3) is 0 Å². The molecule has 1 aromatic heterocycles. The van der Waals surface area contributed by atoms with E-state index in [9.17, 15) is 4.79 Å². The Labute approximate surface area is 171 Å². The first kappa shape index (κ1) is 18.8. The van der Waals surface area contributed by atoms with E-state index in [2.05, 4.69) is 72.8 Å². The Morgan fingerprint density at radius 1 is 0.690 bits per heavy atom. The molecule has 0 unspecified atom stereocenters. The maximum atomic E-state index is 11.9. The zero-order chi connectivity index (χ0) is 20.1. The van der Waals surface area contributed by atoms with Crippen LogP contribution in [0.2, 0.25) is 0 Å². The van der Waals surface area contributed by atoms with Crippen molar-refractivity contribution in [2.45, 2.75) is 0 Å². The monoisotopic (exact) mass is 395 g/mol. The third kappa shape index (κ3) is 3.39. The molecule has 0 aliphatic heterocycles. The molecule has 0 spiro atoms. The number of methoxy groups -OCH3 is 1. The first-order valence-corrected chi connectivity index (χ1v) is 11.5. The second-order valence-corrected chi connectivity index (χ2v) is 10.5. The molecule has 142 valence electrons. The van der Waals surface area contributed by atoms with Crippen molar-refractivity contribution in [3.63, 3.8) is 0 Å². The lowest BCUT2D eigenvalue weighted by molar-refractivity contribution is 0.0600. The van der Waals surface area contributed by atoms with Gasteiger partial charge in [0.15, 0.2) is 0 Å². The molecule has 0 aliphatic carbocycles. The minimum atomic E-state index is -2.63. The van der Waals surface area contributed by atoms with E-state index in [1.165, 1.54) is 22.7 Å². The highest BCUT2D eigenvalue weighted by Crippen LogP contribution is 2.09. The molecule has 0 N–H and O–H groups in total. The van der Waals surface area contributed by atoms with Crippen LogP contribution in [0.1, 0.15) is 10.4 Å².